The molecule has 0 saturated heterocycles. The van der Waals surface area contributed by atoms with E-state index in [1.54, 1.807) is 6.07 Å². The van der Waals surface area contributed by atoms with Crippen LogP contribution in [0.15, 0.2) is 34.1 Å². The van der Waals surface area contributed by atoms with Crippen molar-refractivity contribution < 1.29 is 4.74 Å². The number of fused-ring (bicyclic) bond motifs is 1. The van der Waals surface area contributed by atoms with Crippen LogP contribution in [0.3, 0.4) is 0 Å². The van der Waals surface area contributed by atoms with Crippen molar-refractivity contribution in [3.8, 4) is 23.4 Å². The van der Waals surface area contributed by atoms with Crippen LogP contribution in [-0.4, -0.2) is 29.7 Å². The van der Waals surface area contributed by atoms with Gasteiger partial charge in [0.05, 0.1) is 21.9 Å². The maximum Gasteiger partial charge on any atom is 0.349 e. The van der Waals surface area contributed by atoms with Crippen LogP contribution >= 0.6 is 23.2 Å². The fraction of sp³-hybridized carbons (Fsp3) is 0.158. The number of nitrogens with one attached hydrogen (secondary N) is 2. The summed E-state index contributed by atoms with van der Waals surface area (Å²) in [7, 11) is 0. The van der Waals surface area contributed by atoms with E-state index in [1.807, 2.05) is 25.0 Å². The number of H-pyrrole nitrogens is 2. The van der Waals surface area contributed by atoms with E-state index in [9.17, 15) is 9.59 Å². The summed E-state index contributed by atoms with van der Waals surface area (Å²) in [6.07, 6.45) is 3.27. The van der Waals surface area contributed by atoms with Crippen LogP contribution < -0.4 is 16.0 Å². The molecule has 1 aromatic carbocycles. The Labute approximate surface area is 184 Å². The highest BCUT2D eigenvalue weighted by atomic mass is 35.5. The van der Waals surface area contributed by atoms with Crippen molar-refractivity contribution >= 4 is 34.4 Å². The van der Waals surface area contributed by atoms with E-state index in [0.29, 0.717) is 11.2 Å². The van der Waals surface area contributed by atoms with Gasteiger partial charge in [0.15, 0.2) is 11.4 Å². The fourth-order valence-electron chi connectivity index (χ4n) is 2.90. The van der Waals surface area contributed by atoms with Gasteiger partial charge < -0.3 is 9.72 Å². The smallest absolute Gasteiger partial charge is 0.349 e. The van der Waals surface area contributed by atoms with Gasteiger partial charge in [-0.25, -0.2) is 14.8 Å². The zero-order valence-electron chi connectivity index (χ0n) is 16.1. The fourth-order valence-corrected chi connectivity index (χ4v) is 3.46. The molecule has 0 fully saturated rings. The number of hydrogen-bond donors (Lipinski definition) is 2. The number of nitrogens with zero attached hydrogens (tertiary/aromatic N) is 5. The summed E-state index contributed by atoms with van der Waals surface area (Å²) >= 11 is 12.7. The van der Waals surface area contributed by atoms with Crippen molar-refractivity contribution in [2.75, 3.05) is 0 Å². The molecule has 156 valence electrons. The van der Waals surface area contributed by atoms with Crippen molar-refractivity contribution in [1.29, 1.82) is 5.26 Å². The van der Waals surface area contributed by atoms with Gasteiger partial charge in [0.2, 0.25) is 11.6 Å². The summed E-state index contributed by atoms with van der Waals surface area (Å²) in [5.74, 6) is 0.503. The number of nitriles is 1. The van der Waals surface area contributed by atoms with E-state index in [-0.39, 0.29) is 33.3 Å². The lowest BCUT2D eigenvalue weighted by Gasteiger charge is -2.11. The van der Waals surface area contributed by atoms with Gasteiger partial charge in [0.25, 0.3) is 5.56 Å². The lowest BCUT2D eigenvalue weighted by Crippen LogP contribution is -2.33. The Hall–Kier alpha value is -3.68. The van der Waals surface area contributed by atoms with Crippen molar-refractivity contribution in [2.45, 2.75) is 19.8 Å². The van der Waals surface area contributed by atoms with Gasteiger partial charge in [-0.3, -0.25) is 9.78 Å². The minimum absolute atomic E-state index is 0.0564. The van der Waals surface area contributed by atoms with Gasteiger partial charge in [-0.15, -0.1) is 5.10 Å². The van der Waals surface area contributed by atoms with Gasteiger partial charge in [-0.2, -0.15) is 9.94 Å². The van der Waals surface area contributed by atoms with Crippen LogP contribution in [0.25, 0.3) is 16.9 Å². The number of hydrogen-bond acceptors (Lipinski definition) is 7. The summed E-state index contributed by atoms with van der Waals surface area (Å²) in [4.78, 5) is 37.5. The molecule has 2 N–H and O–H groups in total. The number of benzene rings is 1. The van der Waals surface area contributed by atoms with Crippen LogP contribution in [0.2, 0.25) is 10.0 Å². The van der Waals surface area contributed by atoms with Gasteiger partial charge in [-0.05, 0) is 18.1 Å². The number of ether oxygens (including phenoxy) is 1. The van der Waals surface area contributed by atoms with Gasteiger partial charge in [0, 0.05) is 11.8 Å². The maximum absolute atomic E-state index is 12.1. The minimum atomic E-state index is -0.889. The SMILES string of the molecule is CC(C)c1c[nH]c2ncc(Oc3c(Cl)cc(-n4nc(C#N)c(=O)[nH]c4=O)cc3Cl)nc12. The van der Waals surface area contributed by atoms with Crippen molar-refractivity contribution in [3.05, 3.63) is 66.7 Å². The van der Waals surface area contributed by atoms with Crippen LogP contribution in [0.4, 0.5) is 0 Å². The quantitative estimate of drug-likeness (QED) is 0.478. The number of halogens is 2. The first-order valence-electron chi connectivity index (χ1n) is 8.93. The van der Waals surface area contributed by atoms with E-state index >= 15 is 0 Å². The van der Waals surface area contributed by atoms with E-state index in [0.717, 1.165) is 10.2 Å². The highest BCUT2D eigenvalue weighted by Gasteiger charge is 2.17. The zero-order chi connectivity index (χ0) is 22.3. The molecule has 3 aromatic heterocycles. The van der Waals surface area contributed by atoms with Crippen LogP contribution in [-0.2, 0) is 0 Å². The van der Waals surface area contributed by atoms with Crippen molar-refractivity contribution in [2.24, 2.45) is 0 Å². The molecule has 0 aliphatic rings. The molecule has 0 atom stereocenters. The topological polar surface area (TPSA) is 142 Å². The van der Waals surface area contributed by atoms with Crippen molar-refractivity contribution in [1.82, 2.24) is 29.7 Å². The monoisotopic (exact) mass is 457 g/mol. The Balaban J connectivity index is 1.75. The molecule has 0 aliphatic heterocycles. The van der Waals surface area contributed by atoms with Gasteiger partial charge in [-0.1, -0.05) is 37.0 Å². The third kappa shape index (κ3) is 3.76. The lowest BCUT2D eigenvalue weighted by molar-refractivity contribution is 0.463. The molecule has 31 heavy (non-hydrogen) atoms. The Morgan fingerprint density at radius 3 is 2.58 bits per heavy atom. The second kappa shape index (κ2) is 7.86. The highest BCUT2D eigenvalue weighted by Crippen LogP contribution is 2.38. The predicted molar refractivity (Wildman–Crippen MR) is 113 cm³/mol. The van der Waals surface area contributed by atoms with E-state index in [4.69, 9.17) is 33.2 Å². The second-order valence-corrected chi connectivity index (χ2v) is 7.59. The number of aromatic nitrogens is 6. The van der Waals surface area contributed by atoms with E-state index in [2.05, 4.69) is 20.1 Å². The summed E-state index contributed by atoms with van der Waals surface area (Å²) < 4.78 is 6.58. The zero-order valence-corrected chi connectivity index (χ0v) is 17.6. The van der Waals surface area contributed by atoms with E-state index in [1.165, 1.54) is 18.3 Å². The molecule has 10 nitrogen and oxygen atoms in total. The Kier molecular flexibility index (Phi) is 5.22. The molecule has 12 heteroatoms. The summed E-state index contributed by atoms with van der Waals surface area (Å²) in [5, 5.41) is 12.8. The third-order valence-electron chi connectivity index (χ3n) is 4.38. The molecule has 0 unspecified atom stereocenters. The average molecular weight is 458 g/mol. The molecule has 0 saturated carbocycles. The van der Waals surface area contributed by atoms with Crippen molar-refractivity contribution in [3.63, 3.8) is 0 Å². The Morgan fingerprint density at radius 1 is 1.23 bits per heavy atom. The maximum atomic E-state index is 12.1. The summed E-state index contributed by atoms with van der Waals surface area (Å²) in [6, 6.07) is 4.33. The highest BCUT2D eigenvalue weighted by molar-refractivity contribution is 6.37. The minimum Gasteiger partial charge on any atom is -0.434 e. The van der Waals surface area contributed by atoms with Crippen LogP contribution in [0.5, 0.6) is 11.6 Å². The molecular weight excluding hydrogens is 445 g/mol. The molecule has 3 heterocycles. The molecule has 4 aromatic rings. The average Bonchev–Trinajstić information content (AvgIpc) is 3.14. The Bertz CT molecular complexity index is 1460. The first-order valence-corrected chi connectivity index (χ1v) is 9.69. The first-order chi connectivity index (χ1) is 14.8. The molecule has 0 radical (unpaired) electrons. The summed E-state index contributed by atoms with van der Waals surface area (Å²) in [6.45, 7) is 4.07. The molecule has 0 spiro atoms. The molecule has 0 amide bonds. The molecule has 0 bridgehead atoms. The van der Waals surface area contributed by atoms with Gasteiger partial charge >= 0.3 is 5.69 Å². The molecule has 4 rings (SSSR count). The van der Waals surface area contributed by atoms with Crippen LogP contribution in [0.1, 0.15) is 31.0 Å². The lowest BCUT2D eigenvalue weighted by atomic mass is 10.1. The largest absolute Gasteiger partial charge is 0.434 e. The Morgan fingerprint density at radius 2 is 1.94 bits per heavy atom. The van der Waals surface area contributed by atoms with Crippen LogP contribution in [0, 0.1) is 11.3 Å². The third-order valence-corrected chi connectivity index (χ3v) is 4.94. The normalized spacial score (nSPS) is 11.1. The summed E-state index contributed by atoms with van der Waals surface area (Å²) in [5.41, 5.74) is 0.190. The molecular formula is C19H13Cl2N7O3. The van der Waals surface area contributed by atoms with E-state index < -0.39 is 16.9 Å². The number of rotatable bonds is 4. The standard InChI is InChI=1S/C19H13Cl2N7O3/c1-8(2)10-6-23-17-15(10)25-14(7-24-17)31-16-11(20)3-9(4-12(16)21)28-19(30)26-18(29)13(5-22)27-28/h3-4,6-8H,1-2H3,(H,23,24)(H,26,29,30). The first kappa shape index (κ1) is 20.6. The predicted octanol–water partition coefficient (Wildman–Crippen LogP) is 3.29. The second-order valence-electron chi connectivity index (χ2n) is 6.78. The number of aromatic amines is 2. The molecule has 0 aliphatic carbocycles. The van der Waals surface area contributed by atoms with Gasteiger partial charge in [0.1, 0.15) is 11.6 Å².